The minimum absolute atomic E-state index is 0.0474. The Hall–Kier alpha value is -1.83. The first kappa shape index (κ1) is 14.2. The van der Waals surface area contributed by atoms with Crippen molar-refractivity contribution in [1.82, 2.24) is 15.1 Å². The number of urea groups is 1. The first-order chi connectivity index (χ1) is 8.45. The standard InChI is InChI=1S/C10H17N3O5/c1-7(15)12-2-4-13(5-3-12)10(18)11-8(6-14)9(16)17/h8,14H,2-6H2,1H3,(H,11,18)(H,16,17)/t8-/m0/s1. The summed E-state index contributed by atoms with van der Waals surface area (Å²) in [5.41, 5.74) is 0. The number of carbonyl (C=O) groups is 3. The minimum atomic E-state index is -1.30. The van der Waals surface area contributed by atoms with E-state index in [4.69, 9.17) is 10.2 Å². The molecule has 18 heavy (non-hydrogen) atoms. The van der Waals surface area contributed by atoms with Crippen LogP contribution in [0.4, 0.5) is 4.79 Å². The number of hydrogen-bond acceptors (Lipinski definition) is 4. The second-order valence-electron chi connectivity index (χ2n) is 4.02. The Morgan fingerprint density at radius 3 is 2.06 bits per heavy atom. The topological polar surface area (TPSA) is 110 Å². The number of rotatable bonds is 3. The van der Waals surface area contributed by atoms with Crippen molar-refractivity contribution in [3.63, 3.8) is 0 Å². The van der Waals surface area contributed by atoms with Crippen molar-refractivity contribution in [2.24, 2.45) is 0 Å². The van der Waals surface area contributed by atoms with Crippen LogP contribution in [0.1, 0.15) is 6.92 Å². The molecule has 3 N–H and O–H groups in total. The van der Waals surface area contributed by atoms with Crippen LogP contribution in [0.5, 0.6) is 0 Å². The number of hydrogen-bond donors (Lipinski definition) is 3. The van der Waals surface area contributed by atoms with Gasteiger partial charge in [-0.15, -0.1) is 0 Å². The molecular formula is C10H17N3O5. The first-order valence-electron chi connectivity index (χ1n) is 5.60. The van der Waals surface area contributed by atoms with Crippen molar-refractivity contribution in [3.8, 4) is 0 Å². The van der Waals surface area contributed by atoms with E-state index in [-0.39, 0.29) is 5.91 Å². The lowest BCUT2D eigenvalue weighted by Gasteiger charge is -2.34. The van der Waals surface area contributed by atoms with Gasteiger partial charge < -0.3 is 25.3 Å². The van der Waals surface area contributed by atoms with Gasteiger partial charge in [0.2, 0.25) is 5.91 Å². The molecule has 102 valence electrons. The van der Waals surface area contributed by atoms with Gasteiger partial charge in [-0.05, 0) is 0 Å². The number of amides is 3. The van der Waals surface area contributed by atoms with Crippen LogP contribution in [0, 0.1) is 0 Å². The fraction of sp³-hybridized carbons (Fsp3) is 0.700. The molecule has 0 saturated carbocycles. The molecule has 1 saturated heterocycles. The first-order valence-corrected chi connectivity index (χ1v) is 5.60. The fourth-order valence-electron chi connectivity index (χ4n) is 1.65. The van der Waals surface area contributed by atoms with Gasteiger partial charge >= 0.3 is 12.0 Å². The highest BCUT2D eigenvalue weighted by Gasteiger charge is 2.25. The summed E-state index contributed by atoms with van der Waals surface area (Å²) in [7, 11) is 0. The average molecular weight is 259 g/mol. The maximum absolute atomic E-state index is 11.7. The third kappa shape index (κ3) is 3.59. The van der Waals surface area contributed by atoms with Gasteiger partial charge in [-0.2, -0.15) is 0 Å². The zero-order chi connectivity index (χ0) is 13.7. The molecule has 3 amide bonds. The van der Waals surface area contributed by atoms with Crippen molar-refractivity contribution in [2.45, 2.75) is 13.0 Å². The maximum Gasteiger partial charge on any atom is 0.328 e. The normalized spacial score (nSPS) is 17.2. The third-order valence-electron chi connectivity index (χ3n) is 2.79. The SMILES string of the molecule is CC(=O)N1CCN(C(=O)N[C@@H](CO)C(=O)O)CC1. The molecule has 0 bridgehead atoms. The van der Waals surface area contributed by atoms with Gasteiger partial charge in [-0.3, -0.25) is 4.79 Å². The number of aliphatic hydroxyl groups is 1. The van der Waals surface area contributed by atoms with E-state index in [1.807, 2.05) is 0 Å². The van der Waals surface area contributed by atoms with E-state index in [1.165, 1.54) is 11.8 Å². The molecule has 1 aliphatic rings. The molecule has 0 aromatic heterocycles. The number of aliphatic hydroxyl groups excluding tert-OH is 1. The second-order valence-corrected chi connectivity index (χ2v) is 4.02. The molecule has 0 aromatic rings. The van der Waals surface area contributed by atoms with E-state index >= 15 is 0 Å². The number of nitrogens with zero attached hydrogens (tertiary/aromatic N) is 2. The molecule has 1 aliphatic heterocycles. The van der Waals surface area contributed by atoms with Gasteiger partial charge in [-0.25, -0.2) is 9.59 Å². The minimum Gasteiger partial charge on any atom is -0.480 e. The Balaban J connectivity index is 2.45. The van der Waals surface area contributed by atoms with Gasteiger partial charge in [0.05, 0.1) is 6.61 Å². The monoisotopic (exact) mass is 259 g/mol. The number of carboxylic acid groups (broad SMARTS) is 1. The van der Waals surface area contributed by atoms with Crippen molar-refractivity contribution < 1.29 is 24.6 Å². The Labute approximate surface area is 104 Å². The molecule has 0 spiro atoms. The van der Waals surface area contributed by atoms with Crippen LogP contribution in [0.25, 0.3) is 0 Å². The largest absolute Gasteiger partial charge is 0.480 e. The summed E-state index contributed by atoms with van der Waals surface area (Å²) in [6.45, 7) is 2.36. The highest BCUT2D eigenvalue weighted by Crippen LogP contribution is 2.02. The van der Waals surface area contributed by atoms with E-state index in [2.05, 4.69) is 5.32 Å². The number of carboxylic acids is 1. The van der Waals surface area contributed by atoms with Crippen molar-refractivity contribution in [1.29, 1.82) is 0 Å². The molecule has 8 heteroatoms. The predicted octanol–water partition coefficient (Wildman–Crippen LogP) is -1.69. The number of nitrogens with one attached hydrogen (secondary N) is 1. The summed E-state index contributed by atoms with van der Waals surface area (Å²) >= 11 is 0. The summed E-state index contributed by atoms with van der Waals surface area (Å²) in [5, 5.41) is 19.7. The Morgan fingerprint density at radius 2 is 1.67 bits per heavy atom. The Kier molecular flexibility index (Phi) is 4.90. The fourth-order valence-corrected chi connectivity index (χ4v) is 1.65. The van der Waals surface area contributed by atoms with Crippen molar-refractivity contribution >= 4 is 17.9 Å². The number of aliphatic carboxylic acids is 1. The molecule has 1 atom stereocenters. The Bertz CT molecular complexity index is 338. The zero-order valence-electron chi connectivity index (χ0n) is 10.1. The summed E-state index contributed by atoms with van der Waals surface area (Å²) in [5.74, 6) is -1.33. The van der Waals surface area contributed by atoms with E-state index in [9.17, 15) is 14.4 Å². The quantitative estimate of drug-likeness (QED) is 0.560. The molecule has 0 aromatic carbocycles. The van der Waals surface area contributed by atoms with Crippen molar-refractivity contribution in [3.05, 3.63) is 0 Å². The highest BCUT2D eigenvalue weighted by molar-refractivity contribution is 5.83. The molecule has 1 fully saturated rings. The average Bonchev–Trinajstić information content (AvgIpc) is 2.35. The molecule has 1 rings (SSSR count). The molecule has 0 unspecified atom stereocenters. The van der Waals surface area contributed by atoms with Crippen molar-refractivity contribution in [2.75, 3.05) is 32.8 Å². The van der Waals surface area contributed by atoms with Crippen LogP contribution in [-0.4, -0.2) is 76.7 Å². The predicted molar refractivity (Wildman–Crippen MR) is 60.9 cm³/mol. The number of carbonyl (C=O) groups excluding carboxylic acids is 2. The van der Waals surface area contributed by atoms with E-state index < -0.39 is 24.6 Å². The Morgan fingerprint density at radius 1 is 1.17 bits per heavy atom. The summed E-state index contributed by atoms with van der Waals surface area (Å²) < 4.78 is 0. The highest BCUT2D eigenvalue weighted by atomic mass is 16.4. The number of piperazine rings is 1. The third-order valence-corrected chi connectivity index (χ3v) is 2.79. The lowest BCUT2D eigenvalue weighted by Crippen LogP contribution is -2.55. The van der Waals surface area contributed by atoms with E-state index in [1.54, 1.807) is 4.90 Å². The summed E-state index contributed by atoms with van der Waals surface area (Å²) in [6.07, 6.45) is 0. The lowest BCUT2D eigenvalue weighted by molar-refractivity contribution is -0.140. The summed E-state index contributed by atoms with van der Waals surface area (Å²) in [6, 6.07) is -1.84. The summed E-state index contributed by atoms with van der Waals surface area (Å²) in [4.78, 5) is 36.5. The second kappa shape index (κ2) is 6.20. The van der Waals surface area contributed by atoms with Crippen LogP contribution in [-0.2, 0) is 9.59 Å². The smallest absolute Gasteiger partial charge is 0.328 e. The molecule has 8 nitrogen and oxygen atoms in total. The molecular weight excluding hydrogens is 242 g/mol. The molecule has 0 radical (unpaired) electrons. The van der Waals surface area contributed by atoms with Gasteiger partial charge in [0, 0.05) is 33.1 Å². The molecule has 1 heterocycles. The van der Waals surface area contributed by atoms with Gasteiger partial charge in [0.15, 0.2) is 6.04 Å². The van der Waals surface area contributed by atoms with E-state index in [0.29, 0.717) is 26.2 Å². The van der Waals surface area contributed by atoms with Crippen LogP contribution >= 0.6 is 0 Å². The van der Waals surface area contributed by atoms with Crippen LogP contribution < -0.4 is 5.32 Å². The lowest BCUT2D eigenvalue weighted by atomic mass is 10.3. The van der Waals surface area contributed by atoms with E-state index in [0.717, 1.165) is 0 Å². The van der Waals surface area contributed by atoms with Crippen LogP contribution in [0.3, 0.4) is 0 Å². The molecule has 0 aliphatic carbocycles. The van der Waals surface area contributed by atoms with Crippen LogP contribution in [0.15, 0.2) is 0 Å². The van der Waals surface area contributed by atoms with Crippen LogP contribution in [0.2, 0.25) is 0 Å². The maximum atomic E-state index is 11.7. The van der Waals surface area contributed by atoms with Gasteiger partial charge in [0.25, 0.3) is 0 Å². The van der Waals surface area contributed by atoms with Gasteiger partial charge in [0.1, 0.15) is 0 Å². The zero-order valence-corrected chi connectivity index (χ0v) is 10.1. The van der Waals surface area contributed by atoms with Gasteiger partial charge in [-0.1, -0.05) is 0 Å².